The Labute approximate surface area is 280 Å². The highest BCUT2D eigenvalue weighted by Crippen LogP contribution is 2.43. The molecule has 0 atom stereocenters. The van der Waals surface area contributed by atoms with E-state index in [1.54, 1.807) is 32.0 Å². The number of para-hydroxylation sites is 2. The summed E-state index contributed by atoms with van der Waals surface area (Å²) in [5, 5.41) is 4.85. The predicted octanol–water partition coefficient (Wildman–Crippen LogP) is 8.44. The van der Waals surface area contributed by atoms with Crippen molar-refractivity contribution in [1.82, 2.24) is 4.72 Å². The number of carbonyl (C=O) groups is 1. The molecule has 4 aromatic carbocycles. The van der Waals surface area contributed by atoms with E-state index in [1.807, 2.05) is 110 Å². The van der Waals surface area contributed by atoms with Crippen LogP contribution in [-0.4, -0.2) is 27.5 Å². The Bertz CT molecular complexity index is 2210. The zero-order chi connectivity index (χ0) is 33.7. The molecule has 9 heteroatoms. The van der Waals surface area contributed by atoms with Crippen molar-refractivity contribution >= 4 is 44.0 Å². The summed E-state index contributed by atoms with van der Waals surface area (Å²) in [5.74, 6) is 0.187. The smallest absolute Gasteiger partial charge is 0.311 e. The zero-order valence-electron chi connectivity index (χ0n) is 27.1. The molecular formula is C39H37N3O5S. The summed E-state index contributed by atoms with van der Waals surface area (Å²) < 4.78 is 42.1. The Balaban J connectivity index is 1.44. The molecule has 2 aliphatic rings. The van der Waals surface area contributed by atoms with E-state index in [9.17, 15) is 13.2 Å². The van der Waals surface area contributed by atoms with Crippen LogP contribution in [0.25, 0.3) is 33.4 Å². The number of nitrogens with one attached hydrogen (secondary N) is 2. The van der Waals surface area contributed by atoms with Crippen LogP contribution in [-0.2, 0) is 19.6 Å². The number of rotatable bonds is 11. The molecule has 6 rings (SSSR count). The predicted molar refractivity (Wildman–Crippen MR) is 190 cm³/mol. The SMILES string of the molecule is CCC(C)(C)C(=O)OCCNS(=O)(=O)c1ccccc1-c1c2cc/c(=N\c3ccccc3)cc-2oc2cc(Nc3ccccc3)ccc12. The first-order valence-corrected chi connectivity index (χ1v) is 17.3. The molecule has 0 unspecified atom stereocenters. The first kappa shape index (κ1) is 32.7. The lowest BCUT2D eigenvalue weighted by Crippen LogP contribution is -2.31. The minimum absolute atomic E-state index is 0.0628. The van der Waals surface area contributed by atoms with Crippen LogP contribution in [0, 0.1) is 5.41 Å². The third-order valence-corrected chi connectivity index (χ3v) is 9.81. The second kappa shape index (κ2) is 13.9. The highest BCUT2D eigenvalue weighted by molar-refractivity contribution is 7.89. The summed E-state index contributed by atoms with van der Waals surface area (Å²) in [6.07, 6.45) is 0.613. The van der Waals surface area contributed by atoms with E-state index in [1.165, 1.54) is 0 Å². The molecule has 48 heavy (non-hydrogen) atoms. The van der Waals surface area contributed by atoms with Crippen LogP contribution in [0.5, 0.6) is 0 Å². The Morgan fingerprint density at radius 2 is 1.52 bits per heavy atom. The zero-order valence-corrected chi connectivity index (χ0v) is 27.9. The van der Waals surface area contributed by atoms with Crippen molar-refractivity contribution in [3.05, 3.63) is 127 Å². The van der Waals surface area contributed by atoms with Gasteiger partial charge in [-0.1, -0.05) is 61.5 Å². The van der Waals surface area contributed by atoms with Gasteiger partial charge < -0.3 is 14.5 Å². The topological polar surface area (TPSA) is 110 Å². The van der Waals surface area contributed by atoms with Gasteiger partial charge in [-0.2, -0.15) is 0 Å². The van der Waals surface area contributed by atoms with Gasteiger partial charge in [0.05, 0.1) is 21.4 Å². The molecule has 0 aromatic heterocycles. The van der Waals surface area contributed by atoms with Crippen LogP contribution in [0.1, 0.15) is 27.2 Å². The molecule has 1 heterocycles. The van der Waals surface area contributed by atoms with E-state index in [-0.39, 0.29) is 24.0 Å². The number of esters is 1. The molecular weight excluding hydrogens is 623 g/mol. The second-order valence-corrected chi connectivity index (χ2v) is 13.8. The molecule has 0 saturated carbocycles. The molecule has 0 radical (unpaired) electrons. The van der Waals surface area contributed by atoms with Crippen LogP contribution in [0.3, 0.4) is 0 Å². The van der Waals surface area contributed by atoms with Gasteiger partial charge in [-0.05, 0) is 74.9 Å². The van der Waals surface area contributed by atoms with Crippen LogP contribution < -0.4 is 15.4 Å². The molecule has 8 nitrogen and oxygen atoms in total. The molecule has 1 aliphatic carbocycles. The van der Waals surface area contributed by atoms with Gasteiger partial charge in [0.15, 0.2) is 0 Å². The van der Waals surface area contributed by atoms with Gasteiger partial charge in [0, 0.05) is 52.1 Å². The summed E-state index contributed by atoms with van der Waals surface area (Å²) in [7, 11) is -4.02. The third-order valence-electron chi connectivity index (χ3n) is 8.29. The van der Waals surface area contributed by atoms with Gasteiger partial charge in [-0.3, -0.25) is 4.79 Å². The van der Waals surface area contributed by atoms with E-state index in [0.29, 0.717) is 34.2 Å². The largest absolute Gasteiger partial charge is 0.464 e. The van der Waals surface area contributed by atoms with E-state index < -0.39 is 15.4 Å². The molecule has 244 valence electrons. The fourth-order valence-corrected chi connectivity index (χ4v) is 6.53. The fourth-order valence-electron chi connectivity index (χ4n) is 5.30. The average molecular weight is 660 g/mol. The third kappa shape index (κ3) is 7.17. The summed E-state index contributed by atoms with van der Waals surface area (Å²) >= 11 is 0. The Hall–Kier alpha value is -5.25. The highest BCUT2D eigenvalue weighted by Gasteiger charge is 2.28. The number of fused-ring (bicyclic) bond motifs is 2. The van der Waals surface area contributed by atoms with Crippen LogP contribution in [0.15, 0.2) is 136 Å². The minimum Gasteiger partial charge on any atom is -0.464 e. The monoisotopic (exact) mass is 659 g/mol. The van der Waals surface area contributed by atoms with Gasteiger partial charge in [0.1, 0.15) is 18.0 Å². The number of benzene rings is 5. The average Bonchev–Trinajstić information content (AvgIpc) is 3.10. The van der Waals surface area contributed by atoms with Crippen molar-refractivity contribution in [2.45, 2.75) is 32.1 Å². The number of hydrogen-bond acceptors (Lipinski definition) is 7. The number of ether oxygens (including phenoxy) is 1. The maximum atomic E-state index is 13.8. The number of nitrogens with zero attached hydrogens (tertiary/aromatic N) is 1. The molecule has 0 spiro atoms. The molecule has 0 bridgehead atoms. The Kier molecular flexibility index (Phi) is 9.43. The van der Waals surface area contributed by atoms with Crippen molar-refractivity contribution < 1.29 is 22.4 Å². The van der Waals surface area contributed by atoms with Crippen molar-refractivity contribution in [1.29, 1.82) is 0 Å². The second-order valence-electron chi connectivity index (χ2n) is 12.1. The summed E-state index contributed by atoms with van der Waals surface area (Å²) in [4.78, 5) is 17.3. The van der Waals surface area contributed by atoms with Crippen molar-refractivity contribution in [2.24, 2.45) is 10.4 Å². The van der Waals surface area contributed by atoms with Gasteiger partial charge in [0.25, 0.3) is 0 Å². The molecule has 4 aromatic rings. The first-order chi connectivity index (χ1) is 23.1. The van der Waals surface area contributed by atoms with Gasteiger partial charge >= 0.3 is 5.97 Å². The quantitative estimate of drug-likeness (QED) is 0.0821. The fraction of sp³-hybridized carbons (Fsp3) is 0.179. The van der Waals surface area contributed by atoms with Crippen LogP contribution in [0.4, 0.5) is 17.1 Å². The lowest BCUT2D eigenvalue weighted by Gasteiger charge is -2.20. The van der Waals surface area contributed by atoms with E-state index in [2.05, 4.69) is 10.0 Å². The van der Waals surface area contributed by atoms with Gasteiger partial charge in [-0.25, -0.2) is 18.1 Å². The van der Waals surface area contributed by atoms with E-state index in [0.717, 1.165) is 28.0 Å². The summed E-state index contributed by atoms with van der Waals surface area (Å²) in [5.41, 5.74) is 4.43. The number of sulfonamides is 1. The Morgan fingerprint density at radius 1 is 0.812 bits per heavy atom. The molecule has 0 fully saturated rings. The van der Waals surface area contributed by atoms with Crippen molar-refractivity contribution in [3.8, 4) is 22.5 Å². The summed E-state index contributed by atoms with van der Waals surface area (Å²) in [6, 6.07) is 37.8. The van der Waals surface area contributed by atoms with Gasteiger partial charge in [0.2, 0.25) is 10.0 Å². The maximum Gasteiger partial charge on any atom is 0.311 e. The van der Waals surface area contributed by atoms with Crippen molar-refractivity contribution in [3.63, 3.8) is 0 Å². The standard InChI is InChI=1S/C39H37N3O5S/c1-4-39(2,3)38(43)46-24-23-40-48(44,45)36-18-12-11-17-33(36)37-31-21-19-29(41-27-13-7-5-8-14-27)25-34(31)47-35-26-30(20-22-32(35)37)42-28-15-9-6-10-16-28/h5-22,25-26,40-41H,4,23-24H2,1-3H3/b42-30+. The molecule has 0 amide bonds. The number of carbonyl (C=O) groups excluding carboxylic acids is 1. The number of anilines is 2. The van der Waals surface area contributed by atoms with Crippen LogP contribution in [0.2, 0.25) is 0 Å². The lowest BCUT2D eigenvalue weighted by molar-refractivity contribution is -0.153. The first-order valence-electron chi connectivity index (χ1n) is 15.8. The maximum absolute atomic E-state index is 13.8. The molecule has 1 aliphatic heterocycles. The Morgan fingerprint density at radius 3 is 2.27 bits per heavy atom. The number of hydrogen-bond donors (Lipinski definition) is 2. The van der Waals surface area contributed by atoms with E-state index >= 15 is 0 Å². The van der Waals surface area contributed by atoms with Crippen LogP contribution >= 0.6 is 0 Å². The molecule has 2 N–H and O–H groups in total. The highest BCUT2D eigenvalue weighted by atomic mass is 32.2. The summed E-state index contributed by atoms with van der Waals surface area (Å²) in [6.45, 7) is 5.37. The minimum atomic E-state index is -4.02. The lowest BCUT2D eigenvalue weighted by atomic mass is 9.91. The van der Waals surface area contributed by atoms with Crippen molar-refractivity contribution in [2.75, 3.05) is 18.5 Å². The van der Waals surface area contributed by atoms with E-state index in [4.69, 9.17) is 14.1 Å². The normalized spacial score (nSPS) is 12.4. The van der Waals surface area contributed by atoms with Gasteiger partial charge in [-0.15, -0.1) is 0 Å². The molecule has 0 saturated heterocycles.